The smallest absolute Gasteiger partial charge is 0.338 e. The van der Waals surface area contributed by atoms with E-state index in [1.54, 1.807) is 31.2 Å². The lowest BCUT2D eigenvalue weighted by Crippen LogP contribution is -2.50. The van der Waals surface area contributed by atoms with Gasteiger partial charge in [-0.05, 0) is 24.6 Å². The Hall–Kier alpha value is -2.38. The summed E-state index contributed by atoms with van der Waals surface area (Å²) in [7, 11) is 1.49. The zero-order chi connectivity index (χ0) is 18.6. The highest BCUT2D eigenvalue weighted by molar-refractivity contribution is 6.30. The normalized spacial score (nSPS) is 17.4. The number of rotatable bonds is 5. The molecule has 1 aliphatic heterocycles. The first-order chi connectivity index (χ1) is 11.9. The van der Waals surface area contributed by atoms with Crippen LogP contribution in [0.5, 0.6) is 0 Å². The molecule has 1 aliphatic rings. The number of benzene rings is 1. The molecule has 0 unspecified atom stereocenters. The second-order valence-electron chi connectivity index (χ2n) is 5.44. The zero-order valence-corrected chi connectivity index (χ0v) is 14.9. The molecule has 0 aliphatic carbocycles. The summed E-state index contributed by atoms with van der Waals surface area (Å²) in [6.07, 6.45) is 0. The van der Waals surface area contributed by atoms with Crippen LogP contribution in [0, 0.1) is 0 Å². The van der Waals surface area contributed by atoms with Crippen LogP contribution in [0.2, 0.25) is 5.02 Å². The van der Waals surface area contributed by atoms with Gasteiger partial charge in [-0.3, -0.25) is 9.69 Å². The van der Waals surface area contributed by atoms with Crippen LogP contribution < -0.4 is 5.32 Å². The molecule has 3 amide bonds. The summed E-state index contributed by atoms with van der Waals surface area (Å²) in [5.41, 5.74) is 1.10. The molecular formula is C17H19ClN2O5. The van der Waals surface area contributed by atoms with Gasteiger partial charge in [0.15, 0.2) is 0 Å². The van der Waals surface area contributed by atoms with Gasteiger partial charge in [0.1, 0.15) is 12.6 Å². The molecule has 0 bridgehead atoms. The van der Waals surface area contributed by atoms with Crippen LogP contribution in [-0.4, -0.2) is 43.1 Å². The van der Waals surface area contributed by atoms with Crippen molar-refractivity contribution in [3.05, 3.63) is 46.1 Å². The number of hydrogen-bond donors (Lipinski definition) is 1. The molecule has 0 spiro atoms. The van der Waals surface area contributed by atoms with E-state index in [-0.39, 0.29) is 18.8 Å². The number of carbonyl (C=O) groups excluding carboxylic acids is 3. The Bertz CT molecular complexity index is 714. The van der Waals surface area contributed by atoms with E-state index in [9.17, 15) is 14.4 Å². The van der Waals surface area contributed by atoms with Gasteiger partial charge in [-0.15, -0.1) is 0 Å². The second-order valence-corrected chi connectivity index (χ2v) is 5.88. The van der Waals surface area contributed by atoms with E-state index in [1.165, 1.54) is 14.0 Å². The lowest BCUT2D eigenvalue weighted by atomic mass is 9.94. The fourth-order valence-electron chi connectivity index (χ4n) is 2.59. The average molecular weight is 367 g/mol. The van der Waals surface area contributed by atoms with Crippen LogP contribution in [0.1, 0.15) is 25.5 Å². The summed E-state index contributed by atoms with van der Waals surface area (Å²) >= 11 is 5.91. The topological polar surface area (TPSA) is 84.9 Å². The third-order valence-electron chi connectivity index (χ3n) is 3.71. The highest BCUT2D eigenvalue weighted by Crippen LogP contribution is 2.34. The molecule has 25 heavy (non-hydrogen) atoms. The molecular weight excluding hydrogens is 348 g/mol. The molecule has 1 heterocycles. The molecule has 1 N–H and O–H groups in total. The van der Waals surface area contributed by atoms with Gasteiger partial charge in [0, 0.05) is 24.8 Å². The first kappa shape index (κ1) is 19.0. The van der Waals surface area contributed by atoms with E-state index in [1.807, 2.05) is 0 Å². The predicted molar refractivity (Wildman–Crippen MR) is 90.8 cm³/mol. The van der Waals surface area contributed by atoms with Crippen LogP contribution in [0.3, 0.4) is 0 Å². The number of imide groups is 1. The number of hydrogen-bond acceptors (Lipinski definition) is 5. The molecule has 0 aromatic heterocycles. The number of nitrogens with zero attached hydrogens (tertiary/aromatic N) is 1. The van der Waals surface area contributed by atoms with Crippen LogP contribution in [0.15, 0.2) is 35.5 Å². The van der Waals surface area contributed by atoms with E-state index in [0.717, 1.165) is 4.90 Å². The quantitative estimate of drug-likeness (QED) is 0.639. The fourth-order valence-corrected chi connectivity index (χ4v) is 2.71. The number of urea groups is 1. The number of halogens is 1. The lowest BCUT2D eigenvalue weighted by molar-refractivity contribution is -0.141. The molecule has 0 fully saturated rings. The molecule has 7 nitrogen and oxygen atoms in total. The van der Waals surface area contributed by atoms with Crippen molar-refractivity contribution >= 4 is 29.5 Å². The third kappa shape index (κ3) is 4.18. The van der Waals surface area contributed by atoms with Crippen LogP contribution in [0.25, 0.3) is 0 Å². The van der Waals surface area contributed by atoms with Crippen LogP contribution >= 0.6 is 11.6 Å². The SMILES string of the molecule is COCCOC(=O)C1=C(C)NC(=O)N(C(C)=O)[C@H]1c1ccc(Cl)cc1. The maximum absolute atomic E-state index is 12.6. The minimum atomic E-state index is -0.890. The minimum absolute atomic E-state index is 0.0630. The Morgan fingerprint density at radius 1 is 1.24 bits per heavy atom. The van der Waals surface area contributed by atoms with Gasteiger partial charge in [-0.25, -0.2) is 9.59 Å². The van der Waals surface area contributed by atoms with E-state index >= 15 is 0 Å². The number of carbonyl (C=O) groups is 3. The number of nitrogens with one attached hydrogen (secondary N) is 1. The summed E-state index contributed by atoms with van der Waals surface area (Å²) in [6, 6.07) is 5.10. The molecule has 0 radical (unpaired) electrons. The van der Waals surface area contributed by atoms with Crippen LogP contribution in [0.4, 0.5) is 4.79 Å². The maximum Gasteiger partial charge on any atom is 0.338 e. The van der Waals surface area contributed by atoms with Crippen molar-refractivity contribution in [2.24, 2.45) is 0 Å². The van der Waals surface area contributed by atoms with Gasteiger partial charge in [-0.1, -0.05) is 23.7 Å². The maximum atomic E-state index is 12.6. The molecule has 2 rings (SSSR count). The Kier molecular flexibility index (Phi) is 6.17. The van der Waals surface area contributed by atoms with E-state index < -0.39 is 23.9 Å². The van der Waals surface area contributed by atoms with Gasteiger partial charge in [0.25, 0.3) is 0 Å². The first-order valence-corrected chi connectivity index (χ1v) is 7.97. The standard InChI is InChI=1S/C17H19ClN2O5/c1-10-14(16(22)25-9-8-24-3)15(12-4-6-13(18)7-5-12)20(11(2)21)17(23)19-10/h4-7,15H,8-9H2,1-3H3,(H,19,23)/t15-/m0/s1. The highest BCUT2D eigenvalue weighted by atomic mass is 35.5. The van der Waals surface area contributed by atoms with E-state index in [0.29, 0.717) is 16.3 Å². The number of amides is 3. The molecule has 0 saturated carbocycles. The molecule has 0 saturated heterocycles. The molecule has 1 atom stereocenters. The predicted octanol–water partition coefficient (Wildman–Crippen LogP) is 2.42. The van der Waals surface area contributed by atoms with Gasteiger partial charge >= 0.3 is 12.0 Å². The zero-order valence-electron chi connectivity index (χ0n) is 14.2. The number of allylic oxidation sites excluding steroid dienone is 1. The summed E-state index contributed by atoms with van der Waals surface area (Å²) in [4.78, 5) is 37.9. The fraction of sp³-hybridized carbons (Fsp3) is 0.353. The van der Waals surface area contributed by atoms with Gasteiger partial charge in [-0.2, -0.15) is 0 Å². The average Bonchev–Trinajstić information content (AvgIpc) is 2.54. The van der Waals surface area contributed by atoms with Crippen molar-refractivity contribution < 1.29 is 23.9 Å². The molecule has 1 aromatic rings. The van der Waals surface area contributed by atoms with Gasteiger partial charge in [0.05, 0.1) is 12.2 Å². The highest BCUT2D eigenvalue weighted by Gasteiger charge is 2.40. The number of methoxy groups -OCH3 is 1. The van der Waals surface area contributed by atoms with E-state index in [2.05, 4.69) is 5.32 Å². The first-order valence-electron chi connectivity index (χ1n) is 7.60. The number of esters is 1. The molecule has 134 valence electrons. The Labute approximate surface area is 150 Å². The Balaban J connectivity index is 2.48. The van der Waals surface area contributed by atoms with Crippen molar-refractivity contribution in [3.63, 3.8) is 0 Å². The van der Waals surface area contributed by atoms with Crippen LogP contribution in [-0.2, 0) is 19.1 Å². The monoisotopic (exact) mass is 366 g/mol. The minimum Gasteiger partial charge on any atom is -0.460 e. The Morgan fingerprint density at radius 3 is 2.44 bits per heavy atom. The van der Waals surface area contributed by atoms with Crippen molar-refractivity contribution in [1.29, 1.82) is 0 Å². The number of ether oxygens (including phenoxy) is 2. The van der Waals surface area contributed by atoms with Crippen molar-refractivity contribution in [1.82, 2.24) is 10.2 Å². The van der Waals surface area contributed by atoms with Crippen molar-refractivity contribution in [3.8, 4) is 0 Å². The van der Waals surface area contributed by atoms with Gasteiger partial charge < -0.3 is 14.8 Å². The van der Waals surface area contributed by atoms with Crippen molar-refractivity contribution in [2.45, 2.75) is 19.9 Å². The van der Waals surface area contributed by atoms with Crippen molar-refractivity contribution in [2.75, 3.05) is 20.3 Å². The van der Waals surface area contributed by atoms with Gasteiger partial charge in [0.2, 0.25) is 5.91 Å². The summed E-state index contributed by atoms with van der Waals surface area (Å²) in [6.45, 7) is 3.15. The lowest BCUT2D eigenvalue weighted by Gasteiger charge is -2.35. The second kappa shape index (κ2) is 8.13. The van der Waals surface area contributed by atoms with E-state index in [4.69, 9.17) is 21.1 Å². The summed E-state index contributed by atoms with van der Waals surface area (Å²) < 4.78 is 10.1. The third-order valence-corrected chi connectivity index (χ3v) is 3.97. The Morgan fingerprint density at radius 2 is 1.88 bits per heavy atom. The summed E-state index contributed by atoms with van der Waals surface area (Å²) in [5, 5.41) is 3.03. The molecule has 8 heteroatoms. The molecule has 1 aromatic carbocycles. The largest absolute Gasteiger partial charge is 0.460 e. The summed E-state index contributed by atoms with van der Waals surface area (Å²) in [5.74, 6) is -1.12.